The minimum atomic E-state index is -0.424. The van der Waals surface area contributed by atoms with Gasteiger partial charge in [-0.3, -0.25) is 9.48 Å². The summed E-state index contributed by atoms with van der Waals surface area (Å²) in [5.41, 5.74) is 6.96. The molecule has 0 aliphatic heterocycles. The third kappa shape index (κ3) is 3.23. The zero-order chi connectivity index (χ0) is 16.7. The Kier molecular flexibility index (Phi) is 4.12. The Morgan fingerprint density at radius 2 is 2.22 bits per heavy atom. The Morgan fingerprint density at radius 1 is 1.52 bits per heavy atom. The van der Waals surface area contributed by atoms with Crippen LogP contribution in [-0.2, 0) is 0 Å². The first kappa shape index (κ1) is 16.0. The first-order valence-electron chi connectivity index (χ1n) is 7.48. The predicted molar refractivity (Wildman–Crippen MR) is 87.3 cm³/mol. The van der Waals surface area contributed by atoms with Gasteiger partial charge in [-0.15, -0.1) is 0 Å². The van der Waals surface area contributed by atoms with E-state index in [4.69, 9.17) is 17.3 Å². The van der Waals surface area contributed by atoms with Crippen LogP contribution >= 0.6 is 11.6 Å². The summed E-state index contributed by atoms with van der Waals surface area (Å²) in [5.74, 6) is -0.703. The molecule has 23 heavy (non-hydrogen) atoms. The number of hydrogen-bond acceptors (Lipinski definition) is 3. The second-order valence-electron chi connectivity index (χ2n) is 6.10. The lowest BCUT2D eigenvalue weighted by atomic mass is 10.1. The van der Waals surface area contributed by atoms with E-state index in [1.807, 2.05) is 13.8 Å². The van der Waals surface area contributed by atoms with E-state index < -0.39 is 5.91 Å². The van der Waals surface area contributed by atoms with Gasteiger partial charge in [-0.25, -0.2) is 4.39 Å². The van der Waals surface area contributed by atoms with Crippen molar-refractivity contribution >= 4 is 23.2 Å². The van der Waals surface area contributed by atoms with Crippen LogP contribution in [0.3, 0.4) is 0 Å². The number of nitrogens with zero attached hydrogens (tertiary/aromatic N) is 2. The molecule has 7 heteroatoms. The maximum absolute atomic E-state index is 13.8. The molecule has 3 N–H and O–H groups in total. The van der Waals surface area contributed by atoms with Gasteiger partial charge < -0.3 is 11.1 Å². The smallest absolute Gasteiger partial charge is 0.277 e. The van der Waals surface area contributed by atoms with Crippen molar-refractivity contribution in [2.45, 2.75) is 38.3 Å². The number of nitrogens with two attached hydrogens (primary N) is 1. The van der Waals surface area contributed by atoms with Crippen molar-refractivity contribution in [2.75, 3.05) is 5.32 Å². The van der Waals surface area contributed by atoms with E-state index in [1.54, 1.807) is 16.9 Å². The molecule has 1 fully saturated rings. The minimum absolute atomic E-state index is 0.00774. The molecule has 0 radical (unpaired) electrons. The molecule has 1 aliphatic rings. The van der Waals surface area contributed by atoms with Crippen LogP contribution < -0.4 is 11.1 Å². The topological polar surface area (TPSA) is 72.9 Å². The summed E-state index contributed by atoms with van der Waals surface area (Å²) in [6.45, 7) is 3.88. The summed E-state index contributed by atoms with van der Waals surface area (Å²) >= 11 is 6.07. The van der Waals surface area contributed by atoms with Crippen molar-refractivity contribution in [3.8, 4) is 0 Å². The second kappa shape index (κ2) is 5.94. The zero-order valence-corrected chi connectivity index (χ0v) is 13.6. The number of anilines is 1. The highest BCUT2D eigenvalue weighted by molar-refractivity contribution is 6.34. The number of carbonyl (C=O) groups is 1. The van der Waals surface area contributed by atoms with Crippen LogP contribution in [0, 0.1) is 5.82 Å². The van der Waals surface area contributed by atoms with Gasteiger partial charge in [0.1, 0.15) is 5.82 Å². The van der Waals surface area contributed by atoms with E-state index in [0.29, 0.717) is 11.3 Å². The SMILES string of the molecule is CC(C)n1cc(Cl)c(C(=O)Nc2ccc(F)c([C@H]3C[C@H]3N)c2)n1. The van der Waals surface area contributed by atoms with Gasteiger partial charge in [-0.1, -0.05) is 11.6 Å². The van der Waals surface area contributed by atoms with Crippen LogP contribution in [0.15, 0.2) is 24.4 Å². The molecule has 1 amide bonds. The first-order chi connectivity index (χ1) is 10.9. The molecule has 1 aromatic carbocycles. The number of carbonyl (C=O) groups excluding carboxylic acids is 1. The van der Waals surface area contributed by atoms with Gasteiger partial charge >= 0.3 is 0 Å². The largest absolute Gasteiger partial charge is 0.327 e. The van der Waals surface area contributed by atoms with Crippen LogP contribution in [0.25, 0.3) is 0 Å². The molecule has 1 saturated carbocycles. The molecule has 0 saturated heterocycles. The quantitative estimate of drug-likeness (QED) is 0.899. The molecule has 0 unspecified atom stereocenters. The molecule has 1 aromatic heterocycles. The number of hydrogen-bond donors (Lipinski definition) is 2. The molecule has 3 rings (SSSR count). The highest BCUT2D eigenvalue weighted by Crippen LogP contribution is 2.41. The fourth-order valence-corrected chi connectivity index (χ4v) is 2.68. The molecular weight excluding hydrogens is 319 g/mol. The predicted octanol–water partition coefficient (Wildman–Crippen LogP) is 3.32. The molecule has 0 bridgehead atoms. The van der Waals surface area contributed by atoms with Crippen molar-refractivity contribution in [2.24, 2.45) is 5.73 Å². The molecule has 122 valence electrons. The van der Waals surface area contributed by atoms with Crippen molar-refractivity contribution in [3.05, 3.63) is 46.5 Å². The molecule has 1 heterocycles. The number of amides is 1. The fraction of sp³-hybridized carbons (Fsp3) is 0.375. The summed E-state index contributed by atoms with van der Waals surface area (Å²) < 4.78 is 15.5. The number of benzene rings is 1. The Labute approximate surface area is 138 Å². The zero-order valence-electron chi connectivity index (χ0n) is 12.9. The van der Waals surface area contributed by atoms with Crippen LogP contribution in [-0.4, -0.2) is 21.7 Å². The normalized spacial score (nSPS) is 19.9. The van der Waals surface area contributed by atoms with E-state index in [-0.39, 0.29) is 34.5 Å². The van der Waals surface area contributed by atoms with Gasteiger partial charge in [0, 0.05) is 29.9 Å². The van der Waals surface area contributed by atoms with Crippen LogP contribution in [0.4, 0.5) is 10.1 Å². The van der Waals surface area contributed by atoms with Crippen LogP contribution in [0.5, 0.6) is 0 Å². The monoisotopic (exact) mass is 336 g/mol. The Balaban J connectivity index is 1.80. The third-order valence-electron chi connectivity index (χ3n) is 3.92. The number of aromatic nitrogens is 2. The summed E-state index contributed by atoms with van der Waals surface area (Å²) in [7, 11) is 0. The summed E-state index contributed by atoms with van der Waals surface area (Å²) in [6.07, 6.45) is 2.37. The summed E-state index contributed by atoms with van der Waals surface area (Å²) in [6, 6.07) is 4.56. The van der Waals surface area contributed by atoms with E-state index in [0.717, 1.165) is 6.42 Å². The van der Waals surface area contributed by atoms with Crippen molar-refractivity contribution in [1.82, 2.24) is 9.78 Å². The highest BCUT2D eigenvalue weighted by Gasteiger charge is 2.36. The minimum Gasteiger partial charge on any atom is -0.327 e. The number of nitrogens with one attached hydrogen (secondary N) is 1. The molecule has 5 nitrogen and oxygen atoms in total. The Hall–Kier alpha value is -1.92. The van der Waals surface area contributed by atoms with E-state index in [2.05, 4.69) is 10.4 Å². The standard InChI is InChI=1S/C16H18ClFN4O/c1-8(2)22-7-12(17)15(21-22)16(23)20-9-3-4-13(18)10(5-9)11-6-14(11)19/h3-5,7-8,11,14H,6,19H2,1-2H3,(H,20,23)/t11-,14-/m1/s1. The molecule has 2 aromatic rings. The summed E-state index contributed by atoms with van der Waals surface area (Å²) in [4.78, 5) is 12.3. The van der Waals surface area contributed by atoms with Gasteiger partial charge in [-0.2, -0.15) is 5.10 Å². The van der Waals surface area contributed by atoms with Gasteiger partial charge in [0.25, 0.3) is 5.91 Å². The number of halogens is 2. The van der Waals surface area contributed by atoms with E-state index in [1.165, 1.54) is 12.1 Å². The number of rotatable bonds is 4. The van der Waals surface area contributed by atoms with Gasteiger partial charge in [0.05, 0.1) is 5.02 Å². The van der Waals surface area contributed by atoms with Crippen molar-refractivity contribution < 1.29 is 9.18 Å². The average molecular weight is 337 g/mol. The maximum Gasteiger partial charge on any atom is 0.277 e. The highest BCUT2D eigenvalue weighted by atomic mass is 35.5. The van der Waals surface area contributed by atoms with Crippen LogP contribution in [0.1, 0.15) is 48.3 Å². The lowest BCUT2D eigenvalue weighted by molar-refractivity contribution is 0.102. The first-order valence-corrected chi connectivity index (χ1v) is 7.85. The van der Waals surface area contributed by atoms with Gasteiger partial charge in [0.15, 0.2) is 5.69 Å². The fourth-order valence-electron chi connectivity index (χ4n) is 2.46. The molecular formula is C16H18ClFN4O. The van der Waals surface area contributed by atoms with E-state index >= 15 is 0 Å². The van der Waals surface area contributed by atoms with Crippen molar-refractivity contribution in [1.29, 1.82) is 0 Å². The van der Waals surface area contributed by atoms with Crippen molar-refractivity contribution in [3.63, 3.8) is 0 Å². The van der Waals surface area contributed by atoms with Gasteiger partial charge in [0.2, 0.25) is 0 Å². The third-order valence-corrected chi connectivity index (χ3v) is 4.20. The Bertz CT molecular complexity index is 759. The Morgan fingerprint density at radius 3 is 2.78 bits per heavy atom. The lowest BCUT2D eigenvalue weighted by Gasteiger charge is -2.08. The lowest BCUT2D eigenvalue weighted by Crippen LogP contribution is -2.14. The van der Waals surface area contributed by atoms with Gasteiger partial charge in [-0.05, 0) is 44.0 Å². The van der Waals surface area contributed by atoms with E-state index in [9.17, 15) is 9.18 Å². The average Bonchev–Trinajstić information content (AvgIpc) is 3.07. The molecule has 0 spiro atoms. The second-order valence-corrected chi connectivity index (χ2v) is 6.50. The maximum atomic E-state index is 13.8. The summed E-state index contributed by atoms with van der Waals surface area (Å²) in [5, 5.41) is 7.17. The molecule has 1 aliphatic carbocycles. The van der Waals surface area contributed by atoms with Crippen LogP contribution in [0.2, 0.25) is 5.02 Å². The molecule has 2 atom stereocenters.